The summed E-state index contributed by atoms with van der Waals surface area (Å²) >= 11 is 0. The molecule has 0 aromatic heterocycles. The fraction of sp³-hybridized carbons (Fsp3) is 0.759. The van der Waals surface area contributed by atoms with E-state index < -0.39 is 24.5 Å². The minimum absolute atomic E-state index is 0.0240. The molecule has 3 saturated heterocycles. The van der Waals surface area contributed by atoms with Gasteiger partial charge in [0.25, 0.3) is 0 Å². The molecule has 1 aromatic rings. The number of hydrogen-bond acceptors (Lipinski definition) is 10. The first-order valence-corrected chi connectivity index (χ1v) is 14.9. The minimum atomic E-state index is -1.01. The summed E-state index contributed by atoms with van der Waals surface area (Å²) in [6.45, 7) is 13.6. The third-order valence-corrected chi connectivity index (χ3v) is 8.45. The maximum absolute atomic E-state index is 12.4. The molecular weight excluding hydrogens is 524 g/mol. The van der Waals surface area contributed by atoms with Crippen LogP contribution in [0.5, 0.6) is 0 Å². The number of ether oxygens (including phenoxy) is 1. The van der Waals surface area contributed by atoms with Crippen LogP contribution in [-0.2, 0) is 10.2 Å². The number of likely N-dealkylation sites (N-methyl/N-ethyl adjacent to an activating group) is 1. The highest BCUT2D eigenvalue weighted by Crippen LogP contribution is 2.30. The van der Waals surface area contributed by atoms with Gasteiger partial charge in [-0.1, -0.05) is 32.9 Å². The predicted octanol–water partition coefficient (Wildman–Crippen LogP) is 0.248. The molecule has 4 rings (SSSR count). The number of nitrogens with one attached hydrogen (secondary N) is 5. The van der Waals surface area contributed by atoms with Gasteiger partial charge in [-0.3, -0.25) is 25.8 Å². The van der Waals surface area contributed by atoms with E-state index in [2.05, 4.69) is 75.9 Å². The summed E-state index contributed by atoms with van der Waals surface area (Å²) in [7, 11) is 4.08. The molecule has 3 heterocycles. The number of aliphatic hydroxyl groups is 2. The first-order valence-electron chi connectivity index (χ1n) is 14.9. The maximum Gasteiger partial charge on any atom is 0.319 e. The number of hydrogen-bond donors (Lipinski definition) is 7. The highest BCUT2D eigenvalue weighted by molar-refractivity contribution is 5.89. The van der Waals surface area contributed by atoms with Crippen molar-refractivity contribution in [3.05, 3.63) is 29.8 Å². The highest BCUT2D eigenvalue weighted by Gasteiger charge is 2.52. The normalized spacial score (nSPS) is 30.8. The zero-order chi connectivity index (χ0) is 29.9. The molecule has 41 heavy (non-hydrogen) atoms. The van der Waals surface area contributed by atoms with Gasteiger partial charge in [0.2, 0.25) is 0 Å². The van der Waals surface area contributed by atoms with Crippen LogP contribution in [0.2, 0.25) is 0 Å². The van der Waals surface area contributed by atoms with E-state index in [0.717, 1.165) is 18.7 Å². The van der Waals surface area contributed by atoms with Gasteiger partial charge in [0.1, 0.15) is 24.5 Å². The lowest BCUT2D eigenvalue weighted by Crippen LogP contribution is -2.69. The molecule has 232 valence electrons. The van der Waals surface area contributed by atoms with Crippen LogP contribution >= 0.6 is 0 Å². The molecule has 3 aliphatic rings. The van der Waals surface area contributed by atoms with Crippen LogP contribution in [0.1, 0.15) is 46.6 Å². The van der Waals surface area contributed by atoms with E-state index in [1.165, 1.54) is 5.56 Å². The maximum atomic E-state index is 12.4. The third-order valence-electron chi connectivity index (χ3n) is 8.45. The molecule has 12 nitrogen and oxygen atoms in total. The summed E-state index contributed by atoms with van der Waals surface area (Å²) in [4.78, 5) is 18.9. The molecule has 3 fully saturated rings. The largest absolute Gasteiger partial charge is 0.387 e. The van der Waals surface area contributed by atoms with E-state index in [9.17, 15) is 15.0 Å². The zero-order valence-electron chi connectivity index (χ0n) is 25.7. The molecule has 0 aliphatic carbocycles. The van der Waals surface area contributed by atoms with Crippen molar-refractivity contribution in [1.82, 2.24) is 36.0 Å². The summed E-state index contributed by atoms with van der Waals surface area (Å²) in [5, 5.41) is 38.2. The number of nitrogens with zero attached hydrogens (tertiary/aromatic N) is 3. The van der Waals surface area contributed by atoms with Gasteiger partial charge in [0.05, 0.1) is 25.0 Å². The van der Waals surface area contributed by atoms with Crippen molar-refractivity contribution in [1.29, 1.82) is 0 Å². The molecule has 0 saturated carbocycles. The van der Waals surface area contributed by atoms with Gasteiger partial charge in [0.15, 0.2) is 0 Å². The Kier molecular flexibility index (Phi) is 10.6. The van der Waals surface area contributed by atoms with Crippen molar-refractivity contribution in [2.45, 2.75) is 95.4 Å². The van der Waals surface area contributed by atoms with Gasteiger partial charge >= 0.3 is 6.03 Å². The van der Waals surface area contributed by atoms with Crippen LogP contribution in [0.4, 0.5) is 10.5 Å². The average Bonchev–Trinajstić information content (AvgIpc) is 3.46. The Balaban J connectivity index is 1.24. The lowest BCUT2D eigenvalue weighted by atomic mass is 9.87. The van der Waals surface area contributed by atoms with E-state index in [4.69, 9.17) is 4.74 Å². The topological polar surface area (TPSA) is 137 Å². The van der Waals surface area contributed by atoms with Crippen molar-refractivity contribution in [2.24, 2.45) is 0 Å². The Morgan fingerprint density at radius 1 is 1.12 bits per heavy atom. The summed E-state index contributed by atoms with van der Waals surface area (Å²) < 4.78 is 6.33. The smallest absolute Gasteiger partial charge is 0.319 e. The minimum Gasteiger partial charge on any atom is -0.387 e. The molecule has 2 amide bonds. The van der Waals surface area contributed by atoms with E-state index >= 15 is 0 Å². The number of benzene rings is 1. The fourth-order valence-corrected chi connectivity index (χ4v) is 5.96. The van der Waals surface area contributed by atoms with Crippen LogP contribution in [0.15, 0.2) is 24.3 Å². The molecule has 0 bridgehead atoms. The van der Waals surface area contributed by atoms with Crippen molar-refractivity contribution >= 4 is 11.7 Å². The standard InChI is InChI=1S/C29H52N8O4/c1-18(2)36(14-8-13-30-28(40)34-20-11-9-19(10-12-20)29(3,4)5)15-21-23(38)24(39)27(41-21)37-17-33-22-25(35(6)7)31-16-32-26(22)37/h9-12,18,21-27,31-33,38-39H,8,13-17H2,1-7H3,(H2,30,34,40)/t21-,22?,23-,24-,25?,26?,27-/m1/s1. The highest BCUT2D eigenvalue weighted by atomic mass is 16.6. The van der Waals surface area contributed by atoms with E-state index in [0.29, 0.717) is 26.4 Å². The quantitative estimate of drug-likeness (QED) is 0.194. The summed E-state index contributed by atoms with van der Waals surface area (Å²) in [6.07, 6.45) is -2.26. The number of amides is 2. The van der Waals surface area contributed by atoms with Crippen LogP contribution in [-0.4, -0.2) is 127 Å². The summed E-state index contributed by atoms with van der Waals surface area (Å²) in [5.74, 6) is 0. The Morgan fingerprint density at radius 3 is 2.46 bits per heavy atom. The molecule has 7 N–H and O–H groups in total. The van der Waals surface area contributed by atoms with Crippen LogP contribution in [0.3, 0.4) is 0 Å². The Hall–Kier alpha value is -1.87. The number of urea groups is 1. The van der Waals surface area contributed by atoms with Crippen LogP contribution < -0.4 is 26.6 Å². The van der Waals surface area contributed by atoms with Crippen LogP contribution in [0.25, 0.3) is 0 Å². The van der Waals surface area contributed by atoms with Gasteiger partial charge in [0, 0.05) is 38.0 Å². The average molecular weight is 577 g/mol. The number of aliphatic hydroxyl groups excluding tert-OH is 2. The van der Waals surface area contributed by atoms with Gasteiger partial charge in [-0.25, -0.2) is 9.69 Å². The Labute approximate surface area is 245 Å². The third kappa shape index (κ3) is 7.75. The molecular formula is C29H52N8O4. The lowest BCUT2D eigenvalue weighted by molar-refractivity contribution is -0.109. The number of carbonyl (C=O) groups excluding carboxylic acids is 1. The van der Waals surface area contributed by atoms with Crippen LogP contribution in [0, 0.1) is 0 Å². The Bertz CT molecular complexity index is 988. The van der Waals surface area contributed by atoms with Gasteiger partial charge in [-0.15, -0.1) is 0 Å². The number of rotatable bonds is 10. The molecule has 7 atom stereocenters. The zero-order valence-corrected chi connectivity index (χ0v) is 25.7. The van der Waals surface area contributed by atoms with Crippen molar-refractivity contribution in [3.8, 4) is 0 Å². The second-order valence-electron chi connectivity index (χ2n) is 13.0. The number of carbonyl (C=O) groups is 1. The lowest BCUT2D eigenvalue weighted by Gasteiger charge is -2.42. The van der Waals surface area contributed by atoms with Crippen molar-refractivity contribution < 1.29 is 19.7 Å². The second kappa shape index (κ2) is 13.6. The number of anilines is 1. The monoisotopic (exact) mass is 576 g/mol. The fourth-order valence-electron chi connectivity index (χ4n) is 5.96. The number of fused-ring (bicyclic) bond motifs is 1. The van der Waals surface area contributed by atoms with E-state index in [1.807, 2.05) is 38.4 Å². The van der Waals surface area contributed by atoms with Crippen molar-refractivity contribution in [2.75, 3.05) is 52.4 Å². The Morgan fingerprint density at radius 2 is 1.83 bits per heavy atom. The molecule has 12 heteroatoms. The predicted molar refractivity (Wildman–Crippen MR) is 160 cm³/mol. The van der Waals surface area contributed by atoms with E-state index in [-0.39, 0.29) is 35.9 Å². The molecule has 0 spiro atoms. The van der Waals surface area contributed by atoms with Gasteiger partial charge in [-0.2, -0.15) is 0 Å². The SMILES string of the molecule is CC(C)N(CCCNC(=O)Nc1ccc(C(C)(C)C)cc1)C[C@H]1O[C@@H](N2CNC3C(N(C)C)NCNC32)[C@H](O)[C@@H]1O. The second-order valence-corrected chi connectivity index (χ2v) is 13.0. The first kappa shape index (κ1) is 32.1. The summed E-state index contributed by atoms with van der Waals surface area (Å²) in [5.41, 5.74) is 2.04. The van der Waals surface area contributed by atoms with Gasteiger partial charge in [-0.05, 0) is 57.5 Å². The molecule has 0 radical (unpaired) electrons. The summed E-state index contributed by atoms with van der Waals surface area (Å²) in [6, 6.07) is 8.03. The first-order chi connectivity index (χ1) is 19.4. The molecule has 1 aromatic carbocycles. The van der Waals surface area contributed by atoms with E-state index in [1.54, 1.807) is 0 Å². The molecule has 3 unspecified atom stereocenters. The molecule has 3 aliphatic heterocycles. The van der Waals surface area contributed by atoms with Gasteiger partial charge < -0.3 is 25.6 Å². The van der Waals surface area contributed by atoms with Crippen molar-refractivity contribution in [3.63, 3.8) is 0 Å².